The fraction of sp³-hybridized carbons (Fsp3) is 0.500. The number of rotatable bonds is 5. The Labute approximate surface area is 118 Å². The van der Waals surface area contributed by atoms with Crippen LogP contribution in [0.5, 0.6) is 0 Å². The Kier molecular flexibility index (Phi) is 3.64. The van der Waals surface area contributed by atoms with Gasteiger partial charge in [-0.1, -0.05) is 38.1 Å². The molecule has 6 heteroatoms. The number of benzene rings is 1. The van der Waals surface area contributed by atoms with Crippen molar-refractivity contribution < 1.29 is 18.3 Å². The van der Waals surface area contributed by atoms with E-state index in [1.165, 1.54) is 6.92 Å². The summed E-state index contributed by atoms with van der Waals surface area (Å²) in [6.45, 7) is 3.52. The van der Waals surface area contributed by atoms with Gasteiger partial charge < -0.3 is 10.8 Å². The van der Waals surface area contributed by atoms with E-state index in [1.807, 2.05) is 19.1 Å². The Hall–Kier alpha value is -1.40. The molecule has 1 aliphatic rings. The van der Waals surface area contributed by atoms with Crippen molar-refractivity contribution in [1.82, 2.24) is 0 Å². The van der Waals surface area contributed by atoms with E-state index in [0.717, 1.165) is 12.0 Å². The standard InChI is InChI=1S/C14H19NO4S/c1-3-9-5-7-10(8-6-9)11-12(20(18,19)4-2)14(11,15)13(16)17/h5-8,11-12H,3-4,15H2,1-2H3,(H,16,17)/t11-,12-,14+/m1/s1. The molecule has 2 rings (SSSR count). The lowest BCUT2D eigenvalue weighted by Crippen LogP contribution is -2.40. The average Bonchev–Trinajstić information content (AvgIpc) is 3.08. The Morgan fingerprint density at radius 3 is 2.25 bits per heavy atom. The summed E-state index contributed by atoms with van der Waals surface area (Å²) in [7, 11) is -3.50. The molecule has 0 aromatic heterocycles. The first-order valence-electron chi connectivity index (χ1n) is 6.61. The number of aryl methyl sites for hydroxylation is 1. The molecule has 1 aromatic rings. The lowest BCUT2D eigenvalue weighted by Gasteiger charge is -2.05. The van der Waals surface area contributed by atoms with Crippen molar-refractivity contribution in [3.8, 4) is 0 Å². The van der Waals surface area contributed by atoms with E-state index < -0.39 is 32.5 Å². The van der Waals surface area contributed by atoms with E-state index in [0.29, 0.717) is 5.56 Å². The predicted octanol–water partition coefficient (Wildman–Crippen LogP) is 0.932. The number of sulfone groups is 1. The first-order chi connectivity index (χ1) is 9.29. The second kappa shape index (κ2) is 4.86. The molecule has 1 aliphatic carbocycles. The summed E-state index contributed by atoms with van der Waals surface area (Å²) in [5.41, 5.74) is 5.95. The molecule has 1 saturated carbocycles. The van der Waals surface area contributed by atoms with Gasteiger partial charge in [0.2, 0.25) is 0 Å². The molecule has 0 saturated heterocycles. The summed E-state index contributed by atoms with van der Waals surface area (Å²) >= 11 is 0. The molecule has 0 spiro atoms. The van der Waals surface area contributed by atoms with Gasteiger partial charge in [-0.25, -0.2) is 8.42 Å². The van der Waals surface area contributed by atoms with Gasteiger partial charge in [-0.3, -0.25) is 4.79 Å². The summed E-state index contributed by atoms with van der Waals surface area (Å²) in [4.78, 5) is 11.4. The van der Waals surface area contributed by atoms with Crippen LogP contribution in [0.1, 0.15) is 30.9 Å². The van der Waals surface area contributed by atoms with Crippen LogP contribution in [0, 0.1) is 0 Å². The highest BCUT2D eigenvalue weighted by atomic mass is 32.2. The van der Waals surface area contributed by atoms with Crippen LogP contribution in [0.4, 0.5) is 0 Å². The average molecular weight is 297 g/mol. The first-order valence-corrected chi connectivity index (χ1v) is 8.33. The molecule has 0 amide bonds. The molecule has 0 radical (unpaired) electrons. The fourth-order valence-electron chi connectivity index (χ4n) is 2.72. The quantitative estimate of drug-likeness (QED) is 0.842. The minimum atomic E-state index is -3.50. The lowest BCUT2D eigenvalue weighted by atomic mass is 10.0. The van der Waals surface area contributed by atoms with Crippen molar-refractivity contribution in [2.24, 2.45) is 5.73 Å². The number of carboxylic acids is 1. The summed E-state index contributed by atoms with van der Waals surface area (Å²) in [5.74, 6) is -2.03. The van der Waals surface area contributed by atoms with Gasteiger partial charge in [-0.2, -0.15) is 0 Å². The van der Waals surface area contributed by atoms with E-state index >= 15 is 0 Å². The molecule has 5 nitrogen and oxygen atoms in total. The summed E-state index contributed by atoms with van der Waals surface area (Å²) < 4.78 is 24.1. The maximum absolute atomic E-state index is 12.0. The van der Waals surface area contributed by atoms with Crippen molar-refractivity contribution in [2.75, 3.05) is 5.75 Å². The maximum Gasteiger partial charge on any atom is 0.325 e. The smallest absolute Gasteiger partial charge is 0.325 e. The van der Waals surface area contributed by atoms with Crippen LogP contribution in [-0.2, 0) is 21.1 Å². The third kappa shape index (κ3) is 2.13. The maximum atomic E-state index is 12.0. The molecule has 0 bridgehead atoms. The fourth-order valence-corrected chi connectivity index (χ4v) is 4.64. The third-order valence-electron chi connectivity index (χ3n) is 4.09. The van der Waals surface area contributed by atoms with Crippen LogP contribution in [0.2, 0.25) is 0 Å². The zero-order valence-electron chi connectivity index (χ0n) is 11.5. The van der Waals surface area contributed by atoms with Gasteiger partial charge >= 0.3 is 5.97 Å². The van der Waals surface area contributed by atoms with Crippen LogP contribution in [0.3, 0.4) is 0 Å². The van der Waals surface area contributed by atoms with E-state index in [-0.39, 0.29) is 5.75 Å². The highest BCUT2D eigenvalue weighted by molar-refractivity contribution is 7.92. The minimum Gasteiger partial charge on any atom is -0.480 e. The van der Waals surface area contributed by atoms with E-state index in [4.69, 9.17) is 5.73 Å². The minimum absolute atomic E-state index is 0.104. The molecule has 3 N–H and O–H groups in total. The number of hydrogen-bond donors (Lipinski definition) is 2. The highest BCUT2D eigenvalue weighted by Gasteiger charge is 2.73. The van der Waals surface area contributed by atoms with E-state index in [1.54, 1.807) is 12.1 Å². The topological polar surface area (TPSA) is 97.5 Å². The van der Waals surface area contributed by atoms with Crippen LogP contribution in [0.25, 0.3) is 0 Å². The Morgan fingerprint density at radius 1 is 1.30 bits per heavy atom. The molecule has 0 heterocycles. The van der Waals surface area contributed by atoms with Gasteiger partial charge in [-0.15, -0.1) is 0 Å². The number of aliphatic carboxylic acids is 1. The van der Waals surface area contributed by atoms with E-state index in [2.05, 4.69) is 0 Å². The van der Waals surface area contributed by atoms with Crippen molar-refractivity contribution >= 4 is 15.8 Å². The molecule has 3 atom stereocenters. The largest absolute Gasteiger partial charge is 0.480 e. The molecule has 0 unspecified atom stereocenters. The van der Waals surface area contributed by atoms with Crippen molar-refractivity contribution in [3.63, 3.8) is 0 Å². The molecule has 20 heavy (non-hydrogen) atoms. The number of nitrogens with two attached hydrogens (primary N) is 1. The third-order valence-corrected chi connectivity index (χ3v) is 6.33. The molecular weight excluding hydrogens is 278 g/mol. The zero-order chi connectivity index (χ0) is 15.1. The molecule has 110 valence electrons. The summed E-state index contributed by atoms with van der Waals surface area (Å²) in [6, 6.07) is 7.32. The van der Waals surface area contributed by atoms with Crippen molar-refractivity contribution in [3.05, 3.63) is 35.4 Å². The monoisotopic (exact) mass is 297 g/mol. The van der Waals surface area contributed by atoms with Crippen LogP contribution in [0.15, 0.2) is 24.3 Å². The van der Waals surface area contributed by atoms with Gasteiger partial charge in [0.15, 0.2) is 9.84 Å². The van der Waals surface area contributed by atoms with Gasteiger partial charge in [0.1, 0.15) is 5.54 Å². The Morgan fingerprint density at radius 2 is 1.85 bits per heavy atom. The van der Waals surface area contributed by atoms with Crippen LogP contribution < -0.4 is 5.73 Å². The first kappa shape index (κ1) is 15.0. The SMILES string of the molecule is CCc1ccc([C@@H]2[C@@H](S(=O)(=O)CC)[C@]2(N)C(=O)O)cc1. The second-order valence-electron chi connectivity index (χ2n) is 5.18. The lowest BCUT2D eigenvalue weighted by molar-refractivity contribution is -0.139. The van der Waals surface area contributed by atoms with Gasteiger partial charge in [0.25, 0.3) is 0 Å². The van der Waals surface area contributed by atoms with Gasteiger partial charge in [-0.05, 0) is 17.5 Å². The number of carbonyl (C=O) groups is 1. The van der Waals surface area contributed by atoms with E-state index in [9.17, 15) is 18.3 Å². The zero-order valence-corrected chi connectivity index (χ0v) is 12.4. The number of hydrogen-bond acceptors (Lipinski definition) is 4. The number of carboxylic acid groups (broad SMARTS) is 1. The molecule has 1 fully saturated rings. The summed E-state index contributed by atoms with van der Waals surface area (Å²) in [6.07, 6.45) is 0.869. The van der Waals surface area contributed by atoms with Crippen molar-refractivity contribution in [2.45, 2.75) is 37.0 Å². The van der Waals surface area contributed by atoms with Gasteiger partial charge in [0, 0.05) is 11.7 Å². The predicted molar refractivity (Wildman–Crippen MR) is 76.4 cm³/mol. The molecule has 1 aromatic carbocycles. The normalized spacial score (nSPS) is 29.1. The highest BCUT2D eigenvalue weighted by Crippen LogP contribution is 2.54. The van der Waals surface area contributed by atoms with Gasteiger partial charge in [0.05, 0.1) is 5.25 Å². The Balaban J connectivity index is 2.41. The molecule has 0 aliphatic heterocycles. The molecular formula is C14H19NO4S. The van der Waals surface area contributed by atoms with Crippen LogP contribution >= 0.6 is 0 Å². The Bertz CT molecular complexity index is 623. The second-order valence-corrected chi connectivity index (χ2v) is 7.59. The van der Waals surface area contributed by atoms with Crippen molar-refractivity contribution in [1.29, 1.82) is 0 Å². The summed E-state index contributed by atoms with van der Waals surface area (Å²) in [5, 5.41) is 8.25. The van der Waals surface area contributed by atoms with Crippen LogP contribution in [-0.4, -0.2) is 36.0 Å².